The molecule has 0 aromatic heterocycles. The quantitative estimate of drug-likeness (QED) is 0.750. The molecular formula is C12H15Cl4N. The Morgan fingerprint density at radius 1 is 1.18 bits per heavy atom. The maximum absolute atomic E-state index is 6.09. The van der Waals surface area contributed by atoms with Crippen LogP contribution in [0.5, 0.6) is 0 Å². The first-order chi connectivity index (χ1) is 8.06. The Labute approximate surface area is 122 Å². The van der Waals surface area contributed by atoms with Crippen LogP contribution >= 0.6 is 46.4 Å². The fourth-order valence-electron chi connectivity index (χ4n) is 1.41. The molecule has 1 aromatic carbocycles. The Balaban J connectivity index is 2.75. The van der Waals surface area contributed by atoms with Crippen LogP contribution in [0.15, 0.2) is 18.2 Å². The van der Waals surface area contributed by atoms with E-state index in [1.807, 2.05) is 6.07 Å². The number of halogens is 4. The van der Waals surface area contributed by atoms with Gasteiger partial charge in [-0.25, -0.2) is 0 Å². The molecule has 0 heterocycles. The molecule has 0 spiro atoms. The van der Waals surface area contributed by atoms with E-state index in [-0.39, 0.29) is 5.54 Å². The van der Waals surface area contributed by atoms with Crippen LogP contribution in [0.4, 0.5) is 0 Å². The maximum Gasteiger partial charge on any atom is 0.0453 e. The summed E-state index contributed by atoms with van der Waals surface area (Å²) < 4.78 is 0. The van der Waals surface area contributed by atoms with E-state index in [1.54, 1.807) is 12.1 Å². The van der Waals surface area contributed by atoms with Crippen molar-refractivity contribution in [1.29, 1.82) is 0 Å². The first-order valence-electron chi connectivity index (χ1n) is 5.38. The van der Waals surface area contributed by atoms with Gasteiger partial charge in [0.2, 0.25) is 0 Å². The molecule has 0 amide bonds. The van der Waals surface area contributed by atoms with E-state index in [0.717, 1.165) is 12.0 Å². The Bertz CT molecular complexity index is 355. The second-order valence-electron chi connectivity index (χ2n) is 3.99. The van der Waals surface area contributed by atoms with E-state index >= 15 is 0 Å². The van der Waals surface area contributed by atoms with E-state index in [4.69, 9.17) is 46.4 Å². The zero-order valence-electron chi connectivity index (χ0n) is 9.57. The Kier molecular flexibility index (Phi) is 6.39. The third kappa shape index (κ3) is 4.18. The van der Waals surface area contributed by atoms with Crippen molar-refractivity contribution in [3.63, 3.8) is 0 Å². The lowest BCUT2D eigenvalue weighted by molar-refractivity contribution is 0.385. The van der Waals surface area contributed by atoms with Gasteiger partial charge in [0.25, 0.3) is 0 Å². The molecule has 0 aliphatic heterocycles. The van der Waals surface area contributed by atoms with Gasteiger partial charge in [0, 0.05) is 33.9 Å². The van der Waals surface area contributed by atoms with Crippen LogP contribution in [0.1, 0.15) is 18.9 Å². The van der Waals surface area contributed by atoms with Crippen molar-refractivity contribution >= 4 is 46.4 Å². The summed E-state index contributed by atoms with van der Waals surface area (Å²) in [5, 5.41) is 4.72. The van der Waals surface area contributed by atoms with Gasteiger partial charge in [-0.05, 0) is 30.2 Å². The molecule has 0 aliphatic rings. The zero-order valence-corrected chi connectivity index (χ0v) is 12.6. The average molecular weight is 315 g/mol. The van der Waals surface area contributed by atoms with Gasteiger partial charge in [-0.3, -0.25) is 0 Å². The largest absolute Gasteiger partial charge is 0.305 e. The molecule has 0 atom stereocenters. The first-order valence-corrected chi connectivity index (χ1v) is 7.20. The number of hydrogen-bond acceptors (Lipinski definition) is 1. The van der Waals surface area contributed by atoms with Gasteiger partial charge in [0.05, 0.1) is 0 Å². The highest BCUT2D eigenvalue weighted by atomic mass is 35.5. The summed E-state index contributed by atoms with van der Waals surface area (Å²) in [6, 6.07) is 5.40. The van der Waals surface area contributed by atoms with Crippen LogP contribution in [0, 0.1) is 0 Å². The smallest absolute Gasteiger partial charge is 0.0453 e. The lowest BCUT2D eigenvalue weighted by Gasteiger charge is -2.30. The number of rotatable bonds is 6. The summed E-state index contributed by atoms with van der Waals surface area (Å²) in [5.74, 6) is 0.927. The first kappa shape index (κ1) is 15.4. The number of nitrogens with one attached hydrogen (secondary N) is 1. The topological polar surface area (TPSA) is 12.0 Å². The van der Waals surface area contributed by atoms with Crippen LogP contribution in [0.25, 0.3) is 0 Å². The van der Waals surface area contributed by atoms with Gasteiger partial charge in [-0.15, -0.1) is 23.2 Å². The molecule has 0 fully saturated rings. The predicted molar refractivity (Wildman–Crippen MR) is 77.8 cm³/mol. The van der Waals surface area contributed by atoms with E-state index in [9.17, 15) is 0 Å². The van der Waals surface area contributed by atoms with Crippen LogP contribution in [0.3, 0.4) is 0 Å². The third-order valence-corrected chi connectivity index (χ3v) is 4.48. The summed E-state index contributed by atoms with van der Waals surface area (Å²) in [7, 11) is 0. The molecular weight excluding hydrogens is 300 g/mol. The van der Waals surface area contributed by atoms with Gasteiger partial charge < -0.3 is 5.32 Å². The van der Waals surface area contributed by atoms with Crippen molar-refractivity contribution in [3.8, 4) is 0 Å². The molecule has 96 valence electrons. The lowest BCUT2D eigenvalue weighted by atomic mass is 10.0. The van der Waals surface area contributed by atoms with E-state index in [2.05, 4.69) is 12.2 Å². The van der Waals surface area contributed by atoms with Gasteiger partial charge in [0.15, 0.2) is 0 Å². The van der Waals surface area contributed by atoms with Gasteiger partial charge in [-0.2, -0.15) is 0 Å². The van der Waals surface area contributed by atoms with E-state index < -0.39 is 0 Å². The van der Waals surface area contributed by atoms with Crippen molar-refractivity contribution in [3.05, 3.63) is 33.8 Å². The van der Waals surface area contributed by atoms with Gasteiger partial charge >= 0.3 is 0 Å². The molecule has 17 heavy (non-hydrogen) atoms. The minimum atomic E-state index is -0.255. The summed E-state index contributed by atoms with van der Waals surface area (Å²) in [4.78, 5) is 0. The molecule has 1 rings (SSSR count). The molecule has 0 saturated heterocycles. The zero-order chi connectivity index (χ0) is 12.9. The summed E-state index contributed by atoms with van der Waals surface area (Å²) >= 11 is 23.9. The Hall–Kier alpha value is 0.340. The lowest BCUT2D eigenvalue weighted by Crippen LogP contribution is -2.47. The van der Waals surface area contributed by atoms with E-state index in [1.165, 1.54) is 0 Å². The molecule has 0 unspecified atom stereocenters. The second-order valence-corrected chi connectivity index (χ2v) is 5.37. The average Bonchev–Trinajstić information content (AvgIpc) is 2.35. The van der Waals surface area contributed by atoms with Crippen LogP contribution < -0.4 is 5.32 Å². The van der Waals surface area contributed by atoms with Gasteiger partial charge in [-0.1, -0.05) is 30.1 Å². The standard InChI is InChI=1S/C12H15Cl4N/c1-2-12(7-13,8-14)17-6-9-5-10(15)3-4-11(9)16/h3-5,17H,2,6-8H2,1H3. The summed E-state index contributed by atoms with van der Waals surface area (Å²) in [5.41, 5.74) is 0.696. The predicted octanol–water partition coefficient (Wildman–Crippen LogP) is 4.71. The highest BCUT2D eigenvalue weighted by Crippen LogP contribution is 2.22. The second kappa shape index (κ2) is 7.06. The van der Waals surface area contributed by atoms with Crippen LogP contribution in [-0.4, -0.2) is 17.3 Å². The molecule has 0 saturated carbocycles. The normalized spacial score (nSPS) is 11.8. The maximum atomic E-state index is 6.09. The molecule has 1 N–H and O–H groups in total. The number of hydrogen-bond donors (Lipinski definition) is 1. The van der Waals surface area contributed by atoms with Crippen LogP contribution in [0.2, 0.25) is 10.0 Å². The fraction of sp³-hybridized carbons (Fsp3) is 0.500. The fourth-order valence-corrected chi connectivity index (χ4v) is 2.64. The number of alkyl halides is 2. The highest BCUT2D eigenvalue weighted by Gasteiger charge is 2.25. The molecule has 0 aliphatic carbocycles. The molecule has 0 radical (unpaired) electrons. The Morgan fingerprint density at radius 3 is 2.35 bits per heavy atom. The van der Waals surface area contributed by atoms with E-state index in [0.29, 0.717) is 28.4 Å². The summed E-state index contributed by atoms with van der Waals surface area (Å²) in [6.45, 7) is 2.66. The molecule has 1 nitrogen and oxygen atoms in total. The number of benzene rings is 1. The molecule has 1 aromatic rings. The minimum absolute atomic E-state index is 0.255. The van der Waals surface area contributed by atoms with Crippen molar-refractivity contribution < 1.29 is 0 Å². The Morgan fingerprint density at radius 2 is 1.82 bits per heavy atom. The highest BCUT2D eigenvalue weighted by molar-refractivity contribution is 6.33. The van der Waals surface area contributed by atoms with Crippen molar-refractivity contribution in [2.45, 2.75) is 25.4 Å². The van der Waals surface area contributed by atoms with Crippen molar-refractivity contribution in [2.24, 2.45) is 0 Å². The molecule has 5 heteroatoms. The minimum Gasteiger partial charge on any atom is -0.305 e. The molecule has 0 bridgehead atoms. The monoisotopic (exact) mass is 313 g/mol. The summed E-state index contributed by atoms with van der Waals surface area (Å²) in [6.07, 6.45) is 0.859. The third-order valence-electron chi connectivity index (χ3n) is 2.85. The van der Waals surface area contributed by atoms with Gasteiger partial charge in [0.1, 0.15) is 0 Å². The van der Waals surface area contributed by atoms with Crippen molar-refractivity contribution in [1.82, 2.24) is 5.32 Å². The van der Waals surface area contributed by atoms with Crippen LogP contribution in [-0.2, 0) is 6.54 Å². The van der Waals surface area contributed by atoms with Crippen molar-refractivity contribution in [2.75, 3.05) is 11.8 Å². The SMILES string of the molecule is CCC(CCl)(CCl)NCc1cc(Cl)ccc1Cl.